The van der Waals surface area contributed by atoms with Gasteiger partial charge in [-0.1, -0.05) is 12.1 Å². The van der Waals surface area contributed by atoms with Gasteiger partial charge in [-0.2, -0.15) is 0 Å². The Balaban J connectivity index is 1.89. The smallest absolute Gasteiger partial charge is 0.336 e. The molecule has 0 saturated carbocycles. The second-order valence-electron chi connectivity index (χ2n) is 7.66. The summed E-state index contributed by atoms with van der Waals surface area (Å²) in [6, 6.07) is 6.99. The van der Waals surface area contributed by atoms with E-state index in [9.17, 15) is 19.8 Å². The molecule has 0 radical (unpaired) electrons. The number of carbonyl (C=O) groups excluding carboxylic acids is 1. The third kappa shape index (κ3) is 4.40. The highest BCUT2D eigenvalue weighted by molar-refractivity contribution is 6.06. The number of carboxylic acids is 1. The lowest BCUT2D eigenvalue weighted by molar-refractivity contribution is 0.0695. The van der Waals surface area contributed by atoms with Crippen molar-refractivity contribution in [3.8, 4) is 0 Å². The summed E-state index contributed by atoms with van der Waals surface area (Å²) in [4.78, 5) is 31.1. The first-order valence-corrected chi connectivity index (χ1v) is 9.80. The number of benzene rings is 1. The number of pyridine rings is 1. The molecule has 1 unspecified atom stereocenters. The third-order valence-electron chi connectivity index (χ3n) is 5.54. The van der Waals surface area contributed by atoms with E-state index >= 15 is 0 Å². The van der Waals surface area contributed by atoms with E-state index in [2.05, 4.69) is 15.2 Å². The summed E-state index contributed by atoms with van der Waals surface area (Å²) in [5, 5.41) is 21.7. The summed E-state index contributed by atoms with van der Waals surface area (Å²) in [6.45, 7) is 7.04. The molecule has 154 valence electrons. The molecule has 7 nitrogen and oxygen atoms in total. The van der Waals surface area contributed by atoms with Crippen LogP contribution in [0.15, 0.2) is 24.3 Å². The highest BCUT2D eigenvalue weighted by Gasteiger charge is 2.22. The molecule has 1 aliphatic heterocycles. The maximum absolute atomic E-state index is 13.0. The minimum Gasteiger partial charge on any atom is -0.478 e. The monoisotopic (exact) mass is 397 g/mol. The molecule has 1 aromatic heterocycles. The van der Waals surface area contributed by atoms with Gasteiger partial charge in [-0.25, -0.2) is 9.78 Å². The first-order chi connectivity index (χ1) is 13.8. The zero-order valence-corrected chi connectivity index (χ0v) is 17.0. The number of aliphatic hydroxyl groups is 1. The fourth-order valence-electron chi connectivity index (χ4n) is 3.79. The Kier molecular flexibility index (Phi) is 6.17. The van der Waals surface area contributed by atoms with Crippen LogP contribution >= 0.6 is 0 Å². The lowest BCUT2D eigenvalue weighted by Crippen LogP contribution is -2.37. The molecule has 1 saturated heterocycles. The second-order valence-corrected chi connectivity index (χ2v) is 7.66. The van der Waals surface area contributed by atoms with E-state index in [4.69, 9.17) is 0 Å². The van der Waals surface area contributed by atoms with E-state index < -0.39 is 5.97 Å². The van der Waals surface area contributed by atoms with Crippen LogP contribution in [0, 0.1) is 26.7 Å². The number of aromatic nitrogens is 1. The van der Waals surface area contributed by atoms with Crippen LogP contribution in [0.5, 0.6) is 0 Å². The standard InChI is InChI=1S/C22H27N3O4/c1-13-6-8-17(22(28)29)15(3)19(13)24-21(27)20-14(2)7-9-18(23-20)25-10-4-5-16(11-25)12-26/h6-9,16,26H,4-5,10-12H2,1-3H3,(H,24,27)(H,28,29). The number of nitrogens with one attached hydrogen (secondary N) is 1. The maximum atomic E-state index is 13.0. The predicted octanol–water partition coefficient (Wildman–Crippen LogP) is 3.17. The van der Waals surface area contributed by atoms with Gasteiger partial charge in [0.15, 0.2) is 0 Å². The zero-order chi connectivity index (χ0) is 21.1. The Bertz CT molecular complexity index is 942. The van der Waals surface area contributed by atoms with Crippen LogP contribution in [0.3, 0.4) is 0 Å². The Labute approximate surface area is 170 Å². The first kappa shape index (κ1) is 20.8. The van der Waals surface area contributed by atoms with Crippen molar-refractivity contribution in [2.45, 2.75) is 33.6 Å². The number of aryl methyl sites for hydroxylation is 2. The van der Waals surface area contributed by atoms with Gasteiger partial charge in [0.1, 0.15) is 11.5 Å². The molecule has 0 aliphatic carbocycles. The zero-order valence-electron chi connectivity index (χ0n) is 17.0. The number of hydrogen-bond acceptors (Lipinski definition) is 5. The summed E-state index contributed by atoms with van der Waals surface area (Å²) in [7, 11) is 0. The van der Waals surface area contributed by atoms with E-state index in [0.717, 1.165) is 30.5 Å². The van der Waals surface area contributed by atoms with Crippen molar-refractivity contribution in [1.82, 2.24) is 4.98 Å². The van der Waals surface area contributed by atoms with Crippen LogP contribution in [-0.4, -0.2) is 46.8 Å². The quantitative estimate of drug-likeness (QED) is 0.716. The van der Waals surface area contributed by atoms with Crippen LogP contribution in [0.4, 0.5) is 11.5 Å². The van der Waals surface area contributed by atoms with Gasteiger partial charge in [0.05, 0.1) is 5.56 Å². The Morgan fingerprint density at radius 2 is 1.90 bits per heavy atom. The maximum Gasteiger partial charge on any atom is 0.336 e. The van der Waals surface area contributed by atoms with E-state index in [1.54, 1.807) is 19.1 Å². The molecule has 7 heteroatoms. The number of amides is 1. The molecule has 1 aliphatic rings. The molecule has 2 aromatic rings. The van der Waals surface area contributed by atoms with Gasteiger partial charge >= 0.3 is 5.97 Å². The number of carboxylic acid groups (broad SMARTS) is 1. The highest BCUT2D eigenvalue weighted by Crippen LogP contribution is 2.26. The van der Waals surface area contributed by atoms with Gasteiger partial charge < -0.3 is 20.4 Å². The van der Waals surface area contributed by atoms with Crippen molar-refractivity contribution < 1.29 is 19.8 Å². The molecule has 0 spiro atoms. The molecule has 3 rings (SSSR count). The molecular weight excluding hydrogens is 370 g/mol. The van der Waals surface area contributed by atoms with E-state index in [1.165, 1.54) is 0 Å². The highest BCUT2D eigenvalue weighted by atomic mass is 16.4. The van der Waals surface area contributed by atoms with Crippen LogP contribution in [0.25, 0.3) is 0 Å². The first-order valence-electron chi connectivity index (χ1n) is 9.80. The number of aromatic carboxylic acids is 1. The lowest BCUT2D eigenvalue weighted by atomic mass is 9.99. The Morgan fingerprint density at radius 3 is 2.59 bits per heavy atom. The number of rotatable bonds is 5. The SMILES string of the molecule is Cc1ccc(N2CCCC(CO)C2)nc1C(=O)Nc1c(C)ccc(C(=O)O)c1C. The van der Waals surface area contributed by atoms with Crippen molar-refractivity contribution in [3.63, 3.8) is 0 Å². The molecule has 1 fully saturated rings. The van der Waals surface area contributed by atoms with Gasteiger partial charge in [-0.05, 0) is 68.4 Å². The minimum atomic E-state index is -1.03. The number of hydrogen-bond donors (Lipinski definition) is 3. The molecule has 1 atom stereocenters. The molecule has 29 heavy (non-hydrogen) atoms. The van der Waals surface area contributed by atoms with E-state index in [-0.39, 0.29) is 24.0 Å². The summed E-state index contributed by atoms with van der Waals surface area (Å²) in [5.74, 6) is -0.466. The largest absolute Gasteiger partial charge is 0.478 e. The predicted molar refractivity (Wildman–Crippen MR) is 112 cm³/mol. The normalized spacial score (nSPS) is 16.6. The topological polar surface area (TPSA) is 103 Å². The molecule has 3 N–H and O–H groups in total. The van der Waals surface area contributed by atoms with Gasteiger partial charge in [-0.15, -0.1) is 0 Å². The third-order valence-corrected chi connectivity index (χ3v) is 5.54. The number of carbonyl (C=O) groups is 2. The van der Waals surface area contributed by atoms with Gasteiger partial charge in [0.25, 0.3) is 5.91 Å². The number of aliphatic hydroxyl groups excluding tert-OH is 1. The second kappa shape index (κ2) is 8.61. The molecule has 1 aromatic carbocycles. The minimum absolute atomic E-state index is 0.147. The molecule has 2 heterocycles. The van der Waals surface area contributed by atoms with Crippen molar-refractivity contribution in [3.05, 3.63) is 52.2 Å². The number of anilines is 2. The lowest BCUT2D eigenvalue weighted by Gasteiger charge is -2.33. The molecule has 0 bridgehead atoms. The van der Waals surface area contributed by atoms with Crippen LogP contribution in [-0.2, 0) is 0 Å². The van der Waals surface area contributed by atoms with Gasteiger partial charge in [-0.3, -0.25) is 4.79 Å². The van der Waals surface area contributed by atoms with Crippen LogP contribution < -0.4 is 10.2 Å². The van der Waals surface area contributed by atoms with Crippen molar-refractivity contribution >= 4 is 23.4 Å². The molecule has 1 amide bonds. The van der Waals surface area contributed by atoms with Crippen molar-refractivity contribution in [1.29, 1.82) is 0 Å². The summed E-state index contributed by atoms with van der Waals surface area (Å²) in [6.07, 6.45) is 1.97. The fourth-order valence-corrected chi connectivity index (χ4v) is 3.79. The number of piperidine rings is 1. The fraction of sp³-hybridized carbons (Fsp3) is 0.409. The van der Waals surface area contributed by atoms with Crippen molar-refractivity contribution in [2.24, 2.45) is 5.92 Å². The molecular formula is C22H27N3O4. The summed E-state index contributed by atoms with van der Waals surface area (Å²) in [5.41, 5.74) is 3.02. The van der Waals surface area contributed by atoms with Gasteiger partial charge in [0.2, 0.25) is 0 Å². The average Bonchev–Trinajstić information content (AvgIpc) is 2.71. The average molecular weight is 397 g/mol. The van der Waals surface area contributed by atoms with Crippen LogP contribution in [0.2, 0.25) is 0 Å². The van der Waals surface area contributed by atoms with Crippen molar-refractivity contribution in [2.75, 3.05) is 29.9 Å². The summed E-state index contributed by atoms with van der Waals surface area (Å²) < 4.78 is 0. The van der Waals surface area contributed by atoms with Gasteiger partial charge in [0, 0.05) is 25.4 Å². The van der Waals surface area contributed by atoms with E-state index in [1.807, 2.05) is 26.0 Å². The summed E-state index contributed by atoms with van der Waals surface area (Å²) >= 11 is 0. The Hall–Kier alpha value is -2.93. The van der Waals surface area contributed by atoms with Crippen LogP contribution in [0.1, 0.15) is 50.4 Å². The number of nitrogens with zero attached hydrogens (tertiary/aromatic N) is 2. The van der Waals surface area contributed by atoms with E-state index in [0.29, 0.717) is 29.3 Å². The Morgan fingerprint density at radius 1 is 1.17 bits per heavy atom.